The summed E-state index contributed by atoms with van der Waals surface area (Å²) in [7, 11) is 2.62. The first-order valence-electron chi connectivity index (χ1n) is 8.48. The van der Waals surface area contributed by atoms with Crippen LogP contribution in [0.2, 0.25) is 0 Å². The van der Waals surface area contributed by atoms with Crippen LogP contribution in [0.15, 0.2) is 24.3 Å². The summed E-state index contributed by atoms with van der Waals surface area (Å²) < 4.78 is 9.52. The summed E-state index contributed by atoms with van der Waals surface area (Å²) in [6, 6.07) is 6.00. The first-order valence-corrected chi connectivity index (χ1v) is 9.70. The second-order valence-electron chi connectivity index (χ2n) is 6.03. The highest BCUT2D eigenvalue weighted by Gasteiger charge is 2.27. The molecule has 0 atom stereocenters. The van der Waals surface area contributed by atoms with E-state index in [4.69, 9.17) is 17.0 Å². The molecule has 0 saturated heterocycles. The lowest BCUT2D eigenvalue weighted by Crippen LogP contribution is -2.34. The van der Waals surface area contributed by atoms with Crippen molar-refractivity contribution in [3.8, 4) is 0 Å². The Balaban J connectivity index is 1.70. The molecule has 1 aliphatic carbocycles. The van der Waals surface area contributed by atoms with E-state index in [0.29, 0.717) is 21.7 Å². The van der Waals surface area contributed by atoms with E-state index in [2.05, 4.69) is 15.4 Å². The van der Waals surface area contributed by atoms with Crippen LogP contribution in [0.5, 0.6) is 0 Å². The van der Waals surface area contributed by atoms with Gasteiger partial charge in [-0.25, -0.2) is 9.59 Å². The van der Waals surface area contributed by atoms with Crippen LogP contribution >= 0.6 is 23.6 Å². The largest absolute Gasteiger partial charge is 0.465 e. The quantitative estimate of drug-likeness (QED) is 0.582. The molecular weight excluding hydrogens is 400 g/mol. The van der Waals surface area contributed by atoms with Gasteiger partial charge in [0.15, 0.2) is 5.11 Å². The molecule has 0 radical (unpaired) electrons. The van der Waals surface area contributed by atoms with Crippen molar-refractivity contribution >= 4 is 51.5 Å². The number of carbonyl (C=O) groups excluding carboxylic acids is 3. The van der Waals surface area contributed by atoms with Crippen LogP contribution in [0.25, 0.3) is 0 Å². The number of hydrogen-bond acceptors (Lipinski definition) is 7. The maximum absolute atomic E-state index is 12.4. The summed E-state index contributed by atoms with van der Waals surface area (Å²) in [4.78, 5) is 37.1. The summed E-state index contributed by atoms with van der Waals surface area (Å²) >= 11 is 6.67. The lowest BCUT2D eigenvalue weighted by Gasteiger charge is -2.10. The molecule has 1 heterocycles. The van der Waals surface area contributed by atoms with Crippen LogP contribution < -0.4 is 10.6 Å². The zero-order chi connectivity index (χ0) is 20.3. The van der Waals surface area contributed by atoms with Gasteiger partial charge in [0.1, 0.15) is 5.00 Å². The molecule has 0 aliphatic heterocycles. The average Bonchev–Trinajstić information content (AvgIpc) is 3.27. The van der Waals surface area contributed by atoms with Crippen molar-refractivity contribution in [2.45, 2.75) is 19.3 Å². The summed E-state index contributed by atoms with van der Waals surface area (Å²) in [5, 5.41) is 6.16. The molecule has 0 saturated carbocycles. The third-order valence-corrected chi connectivity index (χ3v) is 5.74. The number of thiocarbonyl (C=S) groups is 1. The molecule has 9 heteroatoms. The lowest BCUT2D eigenvalue weighted by molar-refractivity contribution is 0.0592. The topological polar surface area (TPSA) is 93.7 Å². The smallest absolute Gasteiger partial charge is 0.341 e. The van der Waals surface area contributed by atoms with Gasteiger partial charge in [-0.15, -0.1) is 11.3 Å². The molecule has 1 aromatic carbocycles. The molecule has 2 aromatic rings. The number of anilines is 1. The van der Waals surface area contributed by atoms with Gasteiger partial charge in [0, 0.05) is 10.4 Å². The van der Waals surface area contributed by atoms with E-state index in [1.54, 1.807) is 0 Å². The number of thiophene rings is 1. The van der Waals surface area contributed by atoms with Crippen LogP contribution in [-0.4, -0.2) is 37.2 Å². The summed E-state index contributed by atoms with van der Waals surface area (Å²) in [5.41, 5.74) is 2.15. The summed E-state index contributed by atoms with van der Waals surface area (Å²) in [6.45, 7) is 0. The maximum Gasteiger partial charge on any atom is 0.341 e. The number of nitrogens with one attached hydrogen (secondary N) is 2. The van der Waals surface area contributed by atoms with E-state index in [1.165, 1.54) is 49.8 Å². The summed E-state index contributed by atoms with van der Waals surface area (Å²) in [5.74, 6) is -1.34. The van der Waals surface area contributed by atoms with Crippen LogP contribution in [0.4, 0.5) is 5.00 Å². The van der Waals surface area contributed by atoms with E-state index < -0.39 is 17.8 Å². The number of carbonyl (C=O) groups is 3. The molecule has 0 fully saturated rings. The Bertz CT molecular complexity index is 950. The van der Waals surface area contributed by atoms with E-state index >= 15 is 0 Å². The van der Waals surface area contributed by atoms with Gasteiger partial charge < -0.3 is 14.8 Å². The van der Waals surface area contributed by atoms with Crippen molar-refractivity contribution < 1.29 is 23.9 Å². The number of esters is 2. The van der Waals surface area contributed by atoms with Crippen LogP contribution in [0.1, 0.15) is 47.9 Å². The van der Waals surface area contributed by atoms with Crippen molar-refractivity contribution in [2.24, 2.45) is 0 Å². The molecule has 7 nitrogen and oxygen atoms in total. The Kier molecular flexibility index (Phi) is 6.05. The second kappa shape index (κ2) is 8.49. The first-order chi connectivity index (χ1) is 13.4. The number of rotatable bonds is 4. The fourth-order valence-electron chi connectivity index (χ4n) is 3.00. The van der Waals surface area contributed by atoms with Gasteiger partial charge in [0.05, 0.1) is 25.3 Å². The molecule has 0 bridgehead atoms. The van der Waals surface area contributed by atoms with Crippen molar-refractivity contribution in [1.29, 1.82) is 0 Å². The van der Waals surface area contributed by atoms with Crippen molar-refractivity contribution in [2.75, 3.05) is 19.5 Å². The minimum Gasteiger partial charge on any atom is -0.465 e. The van der Waals surface area contributed by atoms with Crippen LogP contribution in [-0.2, 0) is 22.3 Å². The lowest BCUT2D eigenvalue weighted by atomic mass is 10.1. The minimum absolute atomic E-state index is 0.0760. The number of amides is 1. The predicted octanol–water partition coefficient (Wildman–Crippen LogP) is 2.94. The number of fused-ring (bicyclic) bond motifs is 1. The van der Waals surface area contributed by atoms with Crippen molar-refractivity contribution in [1.82, 2.24) is 5.32 Å². The van der Waals surface area contributed by atoms with Gasteiger partial charge >= 0.3 is 11.9 Å². The predicted molar refractivity (Wildman–Crippen MR) is 109 cm³/mol. The highest BCUT2D eigenvalue weighted by Crippen LogP contribution is 2.39. The highest BCUT2D eigenvalue weighted by molar-refractivity contribution is 7.80. The molecule has 0 spiro atoms. The molecule has 28 heavy (non-hydrogen) atoms. The van der Waals surface area contributed by atoms with Crippen molar-refractivity contribution in [3.05, 3.63) is 51.4 Å². The standard InChI is InChI=1S/C19H18N2O5S2/c1-25-17(23)11-8-6-10(7-9-11)15(22)20-19(27)21-16-14(18(24)26-2)12-4-3-5-13(12)28-16/h6-9H,3-5H2,1-2H3,(H2,20,21,22,27). The summed E-state index contributed by atoms with van der Waals surface area (Å²) in [6.07, 6.45) is 2.75. The second-order valence-corrected chi connectivity index (χ2v) is 7.54. The van der Waals surface area contributed by atoms with E-state index in [-0.39, 0.29) is 5.11 Å². The SMILES string of the molecule is COC(=O)c1ccc(C(=O)NC(=S)Nc2sc3c(c2C(=O)OC)CCC3)cc1. The zero-order valence-corrected chi connectivity index (χ0v) is 16.9. The zero-order valence-electron chi connectivity index (χ0n) is 15.3. The van der Waals surface area contributed by atoms with Gasteiger partial charge in [0.2, 0.25) is 0 Å². The van der Waals surface area contributed by atoms with Crippen LogP contribution in [0, 0.1) is 0 Å². The van der Waals surface area contributed by atoms with Gasteiger partial charge in [-0.05, 0) is 61.3 Å². The molecule has 1 aliphatic rings. The Hall–Kier alpha value is -2.78. The number of ether oxygens (including phenoxy) is 2. The molecule has 1 aromatic heterocycles. The Labute approximate surface area is 171 Å². The molecular formula is C19H18N2O5S2. The third kappa shape index (κ3) is 4.05. The fourth-order valence-corrected chi connectivity index (χ4v) is 4.54. The number of hydrogen-bond donors (Lipinski definition) is 2. The normalized spacial score (nSPS) is 12.1. The Morgan fingerprint density at radius 2 is 1.64 bits per heavy atom. The number of methoxy groups -OCH3 is 2. The molecule has 1 amide bonds. The van der Waals surface area contributed by atoms with E-state index in [1.807, 2.05) is 0 Å². The first kappa shape index (κ1) is 20.0. The van der Waals surface area contributed by atoms with E-state index in [9.17, 15) is 14.4 Å². The Morgan fingerprint density at radius 3 is 2.29 bits per heavy atom. The highest BCUT2D eigenvalue weighted by atomic mass is 32.1. The number of benzene rings is 1. The Morgan fingerprint density at radius 1 is 1.00 bits per heavy atom. The molecule has 146 valence electrons. The molecule has 2 N–H and O–H groups in total. The van der Waals surface area contributed by atoms with Crippen LogP contribution in [0.3, 0.4) is 0 Å². The minimum atomic E-state index is -0.481. The van der Waals surface area contributed by atoms with Gasteiger partial charge in [-0.3, -0.25) is 10.1 Å². The molecule has 3 rings (SSSR count). The third-order valence-electron chi connectivity index (χ3n) is 4.33. The van der Waals surface area contributed by atoms with E-state index in [0.717, 1.165) is 29.7 Å². The fraction of sp³-hybridized carbons (Fsp3) is 0.263. The average molecular weight is 418 g/mol. The van der Waals surface area contributed by atoms with Gasteiger partial charge in [0.25, 0.3) is 5.91 Å². The number of aryl methyl sites for hydroxylation is 1. The van der Waals surface area contributed by atoms with Gasteiger partial charge in [-0.2, -0.15) is 0 Å². The van der Waals surface area contributed by atoms with Gasteiger partial charge in [-0.1, -0.05) is 0 Å². The van der Waals surface area contributed by atoms with Crippen molar-refractivity contribution in [3.63, 3.8) is 0 Å². The molecule has 0 unspecified atom stereocenters. The maximum atomic E-state index is 12.4. The monoisotopic (exact) mass is 418 g/mol.